The lowest BCUT2D eigenvalue weighted by Crippen LogP contribution is -2.16. The van der Waals surface area contributed by atoms with Crippen molar-refractivity contribution in [2.45, 2.75) is 5.75 Å². The number of nitrogen functional groups attached to an aromatic ring is 1. The van der Waals surface area contributed by atoms with Crippen LogP contribution in [0.15, 0.2) is 67.0 Å². The Hall–Kier alpha value is -4.63. The molecule has 176 valence electrons. The van der Waals surface area contributed by atoms with E-state index in [9.17, 15) is 17.2 Å². The predicted molar refractivity (Wildman–Crippen MR) is 124 cm³/mol. The molecule has 0 saturated heterocycles. The van der Waals surface area contributed by atoms with E-state index < -0.39 is 38.8 Å². The van der Waals surface area contributed by atoms with Gasteiger partial charge in [-0.3, -0.25) is 4.72 Å². The van der Waals surface area contributed by atoms with Crippen molar-refractivity contribution in [2.75, 3.05) is 10.5 Å². The second kappa shape index (κ2) is 9.70. The van der Waals surface area contributed by atoms with E-state index in [0.717, 1.165) is 12.1 Å². The van der Waals surface area contributed by atoms with Crippen LogP contribution >= 0.6 is 0 Å². The van der Waals surface area contributed by atoms with Gasteiger partial charge in [0.15, 0.2) is 11.6 Å². The molecule has 2 aromatic heterocycles. The third-order valence-electron chi connectivity index (χ3n) is 4.68. The van der Waals surface area contributed by atoms with Crippen molar-refractivity contribution < 1.29 is 21.9 Å². The minimum absolute atomic E-state index is 0.00664. The highest BCUT2D eigenvalue weighted by Crippen LogP contribution is 2.34. The number of aromatic nitrogens is 3. The zero-order valence-corrected chi connectivity index (χ0v) is 18.6. The molecule has 4 rings (SSSR count). The summed E-state index contributed by atoms with van der Waals surface area (Å²) in [7, 11) is -4.08. The van der Waals surface area contributed by atoms with Gasteiger partial charge >= 0.3 is 0 Å². The quantitative estimate of drug-likeness (QED) is 0.392. The summed E-state index contributed by atoms with van der Waals surface area (Å²) in [5.41, 5.74) is 6.46. The number of rotatable bonds is 7. The normalized spacial score (nSPS) is 11.0. The maximum atomic E-state index is 14.8. The van der Waals surface area contributed by atoms with Crippen LogP contribution < -0.4 is 15.2 Å². The molecule has 0 saturated carbocycles. The average molecular weight is 494 g/mol. The van der Waals surface area contributed by atoms with Crippen molar-refractivity contribution in [1.29, 1.82) is 5.26 Å². The number of anilines is 2. The smallest absolute Gasteiger partial charge is 0.237 e. The first-order valence-electron chi connectivity index (χ1n) is 9.95. The number of pyridine rings is 1. The number of sulfonamides is 1. The van der Waals surface area contributed by atoms with Crippen molar-refractivity contribution in [2.24, 2.45) is 0 Å². The number of nitrogens with one attached hydrogen (secondary N) is 1. The lowest BCUT2D eigenvalue weighted by atomic mass is 10.2. The molecule has 4 aromatic rings. The summed E-state index contributed by atoms with van der Waals surface area (Å²) in [5.74, 6) is -3.95. The fourth-order valence-corrected chi connectivity index (χ4v) is 4.28. The molecule has 0 amide bonds. The van der Waals surface area contributed by atoms with Gasteiger partial charge in [-0.05, 0) is 48.0 Å². The second-order valence-electron chi connectivity index (χ2n) is 7.17. The SMILES string of the molecule is N#Cc1ccc(CS(=O)(=O)Nc2ccc(Oc3ncccc3-c3ccnc(N)n3)c(F)c2F)cc1. The van der Waals surface area contributed by atoms with Crippen LogP contribution in [0.3, 0.4) is 0 Å². The molecule has 3 N–H and O–H groups in total. The van der Waals surface area contributed by atoms with Gasteiger partial charge < -0.3 is 10.5 Å². The zero-order chi connectivity index (χ0) is 25.0. The molecule has 0 aliphatic carbocycles. The number of hydrogen-bond acceptors (Lipinski definition) is 8. The first-order valence-corrected chi connectivity index (χ1v) is 11.6. The number of hydrogen-bond donors (Lipinski definition) is 2. The van der Waals surface area contributed by atoms with Crippen LogP contribution in [0.2, 0.25) is 0 Å². The highest BCUT2D eigenvalue weighted by molar-refractivity contribution is 7.91. The lowest BCUT2D eigenvalue weighted by Gasteiger charge is -2.13. The second-order valence-corrected chi connectivity index (χ2v) is 8.89. The summed E-state index contributed by atoms with van der Waals surface area (Å²) in [6.07, 6.45) is 2.82. The Morgan fingerprint density at radius 2 is 1.77 bits per heavy atom. The van der Waals surface area contributed by atoms with Gasteiger partial charge in [-0.1, -0.05) is 12.1 Å². The summed E-state index contributed by atoms with van der Waals surface area (Å²) < 4.78 is 62.0. The lowest BCUT2D eigenvalue weighted by molar-refractivity contribution is 0.407. The molecule has 0 aliphatic heterocycles. The largest absolute Gasteiger partial charge is 0.435 e. The van der Waals surface area contributed by atoms with Crippen LogP contribution in [0.1, 0.15) is 11.1 Å². The van der Waals surface area contributed by atoms with Crippen LogP contribution in [0, 0.1) is 23.0 Å². The van der Waals surface area contributed by atoms with Gasteiger partial charge in [0, 0.05) is 12.4 Å². The molecule has 9 nitrogen and oxygen atoms in total. The number of nitrogens with zero attached hydrogens (tertiary/aromatic N) is 4. The predicted octanol–water partition coefficient (Wildman–Crippen LogP) is 4.00. The van der Waals surface area contributed by atoms with Crippen LogP contribution in [0.5, 0.6) is 11.6 Å². The highest BCUT2D eigenvalue weighted by Gasteiger charge is 2.21. The van der Waals surface area contributed by atoms with E-state index in [4.69, 9.17) is 15.7 Å². The molecule has 0 bridgehead atoms. The Morgan fingerprint density at radius 1 is 1.00 bits per heavy atom. The van der Waals surface area contributed by atoms with Gasteiger partial charge in [0.25, 0.3) is 0 Å². The molecule has 2 aromatic carbocycles. The minimum Gasteiger partial charge on any atom is -0.435 e. The van der Waals surface area contributed by atoms with Crippen molar-refractivity contribution in [3.05, 3.63) is 89.8 Å². The summed E-state index contributed by atoms with van der Waals surface area (Å²) in [6.45, 7) is 0. The third-order valence-corrected chi connectivity index (χ3v) is 5.92. The molecular weight excluding hydrogens is 478 g/mol. The Bertz CT molecular complexity index is 1540. The van der Waals surface area contributed by atoms with Crippen LogP contribution in [-0.4, -0.2) is 23.4 Å². The van der Waals surface area contributed by atoms with E-state index >= 15 is 0 Å². The number of ether oxygens (including phenoxy) is 1. The zero-order valence-electron chi connectivity index (χ0n) is 17.8. The van der Waals surface area contributed by atoms with Crippen molar-refractivity contribution >= 4 is 21.7 Å². The van der Waals surface area contributed by atoms with E-state index in [-0.39, 0.29) is 11.8 Å². The van der Waals surface area contributed by atoms with E-state index in [1.807, 2.05) is 10.8 Å². The van der Waals surface area contributed by atoms with Crippen LogP contribution in [0.25, 0.3) is 11.3 Å². The van der Waals surface area contributed by atoms with Crippen molar-refractivity contribution in [3.63, 3.8) is 0 Å². The van der Waals surface area contributed by atoms with Gasteiger partial charge in [-0.2, -0.15) is 9.65 Å². The topological polar surface area (TPSA) is 144 Å². The van der Waals surface area contributed by atoms with E-state index in [1.54, 1.807) is 18.2 Å². The number of halogens is 2. The molecule has 0 radical (unpaired) electrons. The van der Waals surface area contributed by atoms with Crippen molar-refractivity contribution in [1.82, 2.24) is 15.0 Å². The summed E-state index contributed by atoms with van der Waals surface area (Å²) in [4.78, 5) is 11.9. The van der Waals surface area contributed by atoms with Crippen LogP contribution in [0.4, 0.5) is 20.4 Å². The molecule has 0 fully saturated rings. The Balaban J connectivity index is 1.56. The monoisotopic (exact) mass is 494 g/mol. The van der Waals surface area contributed by atoms with Gasteiger partial charge in [-0.15, -0.1) is 0 Å². The number of benzene rings is 2. The van der Waals surface area contributed by atoms with Gasteiger partial charge in [0.1, 0.15) is 0 Å². The Kier molecular flexibility index (Phi) is 6.52. The third kappa shape index (κ3) is 5.48. The van der Waals surface area contributed by atoms with Crippen LogP contribution in [-0.2, 0) is 15.8 Å². The van der Waals surface area contributed by atoms with Gasteiger partial charge in [-0.25, -0.2) is 27.8 Å². The average Bonchev–Trinajstić information content (AvgIpc) is 2.84. The van der Waals surface area contributed by atoms with Gasteiger partial charge in [0.2, 0.25) is 27.7 Å². The summed E-state index contributed by atoms with van der Waals surface area (Å²) in [6, 6.07) is 14.6. The maximum absolute atomic E-state index is 14.8. The molecule has 0 atom stereocenters. The molecule has 0 unspecified atom stereocenters. The molecule has 0 aliphatic rings. The summed E-state index contributed by atoms with van der Waals surface area (Å²) in [5, 5.41) is 8.83. The molecule has 35 heavy (non-hydrogen) atoms. The fourth-order valence-electron chi connectivity index (χ4n) is 3.08. The minimum atomic E-state index is -4.08. The Labute approximate surface area is 198 Å². The number of nitriles is 1. The summed E-state index contributed by atoms with van der Waals surface area (Å²) >= 11 is 0. The Morgan fingerprint density at radius 3 is 2.49 bits per heavy atom. The van der Waals surface area contributed by atoms with E-state index in [0.29, 0.717) is 22.4 Å². The van der Waals surface area contributed by atoms with Gasteiger partial charge in [0.05, 0.1) is 34.3 Å². The first kappa shape index (κ1) is 23.5. The van der Waals surface area contributed by atoms with E-state index in [1.165, 1.54) is 36.7 Å². The fraction of sp³-hybridized carbons (Fsp3) is 0.0435. The van der Waals surface area contributed by atoms with Crippen molar-refractivity contribution in [3.8, 4) is 29.0 Å². The standard InChI is InChI=1S/C23H16F2N6O3S/c24-20-18(31-35(32,33)13-15-5-3-14(12-26)4-6-15)7-8-19(21(20)25)34-22-16(2-1-10-28-22)17-9-11-29-23(27)30-17/h1-11,31H,13H2,(H2,27,29,30). The maximum Gasteiger partial charge on any atom is 0.237 e. The molecule has 12 heteroatoms. The molecule has 0 spiro atoms. The number of nitrogens with two attached hydrogens (primary N) is 1. The van der Waals surface area contributed by atoms with E-state index in [2.05, 4.69) is 15.0 Å². The molecule has 2 heterocycles. The highest BCUT2D eigenvalue weighted by atomic mass is 32.2. The molecular formula is C23H16F2N6O3S. The first-order chi connectivity index (χ1) is 16.8.